The third-order valence-corrected chi connectivity index (χ3v) is 3.71. The van der Waals surface area contributed by atoms with E-state index in [9.17, 15) is 17.6 Å². The van der Waals surface area contributed by atoms with Gasteiger partial charge in [0.25, 0.3) is 0 Å². The lowest BCUT2D eigenvalue weighted by Crippen LogP contribution is -2.38. The summed E-state index contributed by atoms with van der Waals surface area (Å²) in [6, 6.07) is 2.63. The largest absolute Gasteiger partial charge is 0.416 e. The molecule has 1 fully saturated rings. The minimum absolute atomic E-state index is 0.0220. The first-order valence-corrected chi connectivity index (χ1v) is 6.18. The van der Waals surface area contributed by atoms with Crippen molar-refractivity contribution in [2.24, 2.45) is 11.7 Å². The molecule has 0 bridgehead atoms. The van der Waals surface area contributed by atoms with Gasteiger partial charge in [-0.3, -0.25) is 0 Å². The maximum atomic E-state index is 13.9. The predicted molar refractivity (Wildman–Crippen MR) is 65.4 cm³/mol. The Hall–Kier alpha value is -1.30. The van der Waals surface area contributed by atoms with Gasteiger partial charge in [0, 0.05) is 19.1 Å². The van der Waals surface area contributed by atoms with Crippen molar-refractivity contribution >= 4 is 5.69 Å². The summed E-state index contributed by atoms with van der Waals surface area (Å²) in [6.07, 6.45) is -3.66. The van der Waals surface area contributed by atoms with Gasteiger partial charge in [-0.1, -0.05) is 6.92 Å². The molecular weight excluding hydrogens is 260 g/mol. The van der Waals surface area contributed by atoms with Gasteiger partial charge in [-0.05, 0) is 30.5 Å². The molecule has 2 nitrogen and oxygen atoms in total. The van der Waals surface area contributed by atoms with Crippen LogP contribution in [0.5, 0.6) is 0 Å². The maximum Gasteiger partial charge on any atom is 0.416 e. The summed E-state index contributed by atoms with van der Waals surface area (Å²) in [5.74, 6) is -0.533. The summed E-state index contributed by atoms with van der Waals surface area (Å²) in [5, 5.41) is 0. The molecule has 2 atom stereocenters. The van der Waals surface area contributed by atoms with Crippen LogP contribution in [0.25, 0.3) is 0 Å². The van der Waals surface area contributed by atoms with Crippen molar-refractivity contribution in [2.45, 2.75) is 25.6 Å². The molecular formula is C13H16F4N2. The minimum Gasteiger partial charge on any atom is -0.365 e. The van der Waals surface area contributed by atoms with Gasteiger partial charge in [0.15, 0.2) is 0 Å². The fourth-order valence-corrected chi connectivity index (χ4v) is 2.58. The molecule has 2 N–H and O–H groups in total. The Morgan fingerprint density at radius 2 is 2.05 bits per heavy atom. The van der Waals surface area contributed by atoms with Gasteiger partial charge in [-0.25, -0.2) is 4.39 Å². The Morgan fingerprint density at radius 1 is 1.37 bits per heavy atom. The normalized spacial score (nSPS) is 24.0. The Kier molecular flexibility index (Phi) is 3.71. The molecule has 2 unspecified atom stereocenters. The van der Waals surface area contributed by atoms with Crippen LogP contribution in [0.4, 0.5) is 23.2 Å². The van der Waals surface area contributed by atoms with Crippen LogP contribution >= 0.6 is 0 Å². The number of halogens is 4. The smallest absolute Gasteiger partial charge is 0.365 e. The summed E-state index contributed by atoms with van der Waals surface area (Å²) in [4.78, 5) is 1.76. The average molecular weight is 276 g/mol. The van der Waals surface area contributed by atoms with E-state index in [4.69, 9.17) is 5.73 Å². The molecule has 6 heteroatoms. The number of anilines is 1. The van der Waals surface area contributed by atoms with Gasteiger partial charge < -0.3 is 10.6 Å². The van der Waals surface area contributed by atoms with Crippen LogP contribution in [0.1, 0.15) is 18.9 Å². The van der Waals surface area contributed by atoms with E-state index in [1.54, 1.807) is 4.90 Å². The first-order chi connectivity index (χ1) is 8.84. The quantitative estimate of drug-likeness (QED) is 0.841. The predicted octanol–water partition coefficient (Wildman–Crippen LogP) is 3.02. The van der Waals surface area contributed by atoms with Crippen LogP contribution in [0.2, 0.25) is 0 Å². The third kappa shape index (κ3) is 2.68. The molecule has 0 saturated carbocycles. The van der Waals surface area contributed by atoms with Gasteiger partial charge in [0.1, 0.15) is 5.82 Å². The molecule has 1 heterocycles. The summed E-state index contributed by atoms with van der Waals surface area (Å²) in [7, 11) is 0. The van der Waals surface area contributed by atoms with E-state index in [0.29, 0.717) is 25.1 Å². The Morgan fingerprint density at radius 3 is 2.58 bits per heavy atom. The van der Waals surface area contributed by atoms with E-state index in [2.05, 4.69) is 0 Å². The standard InChI is InChI=1S/C13H16F4N2/c1-8-4-5-19(12(8)7-18)11-3-2-9(6-10(11)14)13(15,16)17/h2-3,6,8,12H,4-5,7,18H2,1H3. The molecule has 1 aliphatic rings. The van der Waals surface area contributed by atoms with Crippen molar-refractivity contribution in [1.29, 1.82) is 0 Å². The van der Waals surface area contributed by atoms with Crippen molar-refractivity contribution in [1.82, 2.24) is 0 Å². The SMILES string of the molecule is CC1CCN(c2ccc(C(F)(F)F)cc2F)C1CN. The summed E-state index contributed by atoms with van der Waals surface area (Å²) in [6.45, 7) is 2.99. The molecule has 0 amide bonds. The molecule has 0 radical (unpaired) electrons. The monoisotopic (exact) mass is 276 g/mol. The second-order valence-electron chi connectivity index (χ2n) is 4.93. The summed E-state index contributed by atoms with van der Waals surface area (Å²) < 4.78 is 51.3. The topological polar surface area (TPSA) is 29.3 Å². The zero-order chi connectivity index (χ0) is 14.2. The van der Waals surface area contributed by atoms with Crippen molar-refractivity contribution in [3.8, 4) is 0 Å². The lowest BCUT2D eigenvalue weighted by atomic mass is 10.0. The molecule has 19 heavy (non-hydrogen) atoms. The highest BCUT2D eigenvalue weighted by Gasteiger charge is 2.34. The molecule has 0 spiro atoms. The van der Waals surface area contributed by atoms with Crippen LogP contribution in [0.15, 0.2) is 18.2 Å². The van der Waals surface area contributed by atoms with E-state index in [0.717, 1.165) is 12.5 Å². The van der Waals surface area contributed by atoms with Crippen molar-refractivity contribution in [3.05, 3.63) is 29.6 Å². The molecule has 0 aliphatic carbocycles. The average Bonchev–Trinajstić information content (AvgIpc) is 2.69. The minimum atomic E-state index is -4.52. The highest BCUT2D eigenvalue weighted by atomic mass is 19.4. The fraction of sp³-hybridized carbons (Fsp3) is 0.538. The Balaban J connectivity index is 2.32. The Bertz CT molecular complexity index is 458. The van der Waals surface area contributed by atoms with Crippen molar-refractivity contribution in [3.63, 3.8) is 0 Å². The van der Waals surface area contributed by atoms with Crippen LogP contribution < -0.4 is 10.6 Å². The van der Waals surface area contributed by atoms with Gasteiger partial charge in [0.2, 0.25) is 0 Å². The van der Waals surface area contributed by atoms with E-state index >= 15 is 0 Å². The molecule has 106 valence electrons. The first-order valence-electron chi connectivity index (χ1n) is 6.18. The highest BCUT2D eigenvalue weighted by Crippen LogP contribution is 2.35. The van der Waals surface area contributed by atoms with Crippen LogP contribution in [0, 0.1) is 11.7 Å². The van der Waals surface area contributed by atoms with Crippen molar-refractivity contribution in [2.75, 3.05) is 18.0 Å². The third-order valence-electron chi connectivity index (χ3n) is 3.71. The van der Waals surface area contributed by atoms with Crippen molar-refractivity contribution < 1.29 is 17.6 Å². The number of nitrogens with two attached hydrogens (primary N) is 1. The van der Waals surface area contributed by atoms with E-state index in [-0.39, 0.29) is 11.7 Å². The van der Waals surface area contributed by atoms with Crippen LogP contribution in [-0.4, -0.2) is 19.1 Å². The lowest BCUT2D eigenvalue weighted by molar-refractivity contribution is -0.137. The number of hydrogen-bond acceptors (Lipinski definition) is 2. The lowest BCUT2D eigenvalue weighted by Gasteiger charge is -2.28. The van der Waals surface area contributed by atoms with Crippen LogP contribution in [0.3, 0.4) is 0 Å². The zero-order valence-corrected chi connectivity index (χ0v) is 10.5. The summed E-state index contributed by atoms with van der Waals surface area (Å²) >= 11 is 0. The van der Waals surface area contributed by atoms with Crippen LogP contribution in [-0.2, 0) is 6.18 Å². The van der Waals surface area contributed by atoms with E-state index in [1.807, 2.05) is 6.92 Å². The Labute approximate surface area is 109 Å². The van der Waals surface area contributed by atoms with Gasteiger partial charge >= 0.3 is 6.18 Å². The van der Waals surface area contributed by atoms with Gasteiger partial charge in [-0.2, -0.15) is 13.2 Å². The number of benzene rings is 1. The molecule has 1 aromatic carbocycles. The number of hydrogen-bond donors (Lipinski definition) is 1. The van der Waals surface area contributed by atoms with E-state index < -0.39 is 17.6 Å². The maximum absolute atomic E-state index is 13.9. The van der Waals surface area contributed by atoms with Gasteiger partial charge in [0.05, 0.1) is 11.3 Å². The fourth-order valence-electron chi connectivity index (χ4n) is 2.58. The number of alkyl halides is 3. The van der Waals surface area contributed by atoms with Gasteiger partial charge in [-0.15, -0.1) is 0 Å². The zero-order valence-electron chi connectivity index (χ0n) is 10.5. The number of nitrogens with zero attached hydrogens (tertiary/aromatic N) is 1. The molecule has 1 saturated heterocycles. The summed E-state index contributed by atoms with van der Waals surface area (Å²) in [5.41, 5.74) is 4.89. The first kappa shape index (κ1) is 14.1. The molecule has 1 aromatic rings. The highest BCUT2D eigenvalue weighted by molar-refractivity contribution is 5.51. The molecule has 2 rings (SSSR count). The number of rotatable bonds is 2. The van der Waals surface area contributed by atoms with E-state index in [1.165, 1.54) is 6.07 Å². The second kappa shape index (κ2) is 5.00. The second-order valence-corrected chi connectivity index (χ2v) is 4.93. The molecule has 1 aliphatic heterocycles. The molecule has 0 aromatic heterocycles.